The number of aliphatic imine (C=N–C) groups is 1. The summed E-state index contributed by atoms with van der Waals surface area (Å²) in [6.45, 7) is 0.751. The second-order valence-corrected chi connectivity index (χ2v) is 4.84. The number of halogens is 2. The average Bonchev–Trinajstić information content (AvgIpc) is 2.73. The molecule has 0 saturated heterocycles. The lowest BCUT2D eigenvalue weighted by Gasteiger charge is -2.22. The fourth-order valence-corrected chi connectivity index (χ4v) is 2.91. The molecule has 0 aromatic heterocycles. The highest BCUT2D eigenvalue weighted by Gasteiger charge is 2.25. The van der Waals surface area contributed by atoms with Crippen LogP contribution in [-0.4, -0.2) is 5.71 Å². The molecule has 0 bridgehead atoms. The van der Waals surface area contributed by atoms with Crippen molar-refractivity contribution in [1.29, 1.82) is 0 Å². The van der Waals surface area contributed by atoms with Gasteiger partial charge in [-0.25, -0.2) is 4.39 Å². The van der Waals surface area contributed by atoms with Crippen molar-refractivity contribution in [3.63, 3.8) is 0 Å². The normalized spacial score (nSPS) is 19.5. The molecule has 0 spiro atoms. The molecule has 3 heteroatoms. The van der Waals surface area contributed by atoms with Gasteiger partial charge in [0.15, 0.2) is 0 Å². The van der Waals surface area contributed by atoms with Crippen molar-refractivity contribution in [3.05, 3.63) is 35.1 Å². The zero-order valence-electron chi connectivity index (χ0n) is 9.79. The summed E-state index contributed by atoms with van der Waals surface area (Å²) in [5, 5.41) is 0. The first kappa shape index (κ1) is 12.6. The summed E-state index contributed by atoms with van der Waals surface area (Å²) < 4.78 is 13.2. The van der Waals surface area contributed by atoms with Gasteiger partial charge in [-0.1, -0.05) is 25.3 Å². The fourth-order valence-electron chi connectivity index (χ4n) is 2.91. The lowest BCUT2D eigenvalue weighted by atomic mass is 9.83. The molecule has 0 atom stereocenters. The quantitative estimate of drug-likeness (QED) is 0.714. The van der Waals surface area contributed by atoms with Gasteiger partial charge in [-0.05, 0) is 30.5 Å². The Kier molecular flexibility index (Phi) is 3.82. The Morgan fingerprint density at radius 3 is 2.65 bits per heavy atom. The van der Waals surface area contributed by atoms with Crippen molar-refractivity contribution in [2.24, 2.45) is 10.9 Å². The smallest absolute Gasteiger partial charge is 0.123 e. The molecular formula is C14H17ClFN. The van der Waals surface area contributed by atoms with Crippen LogP contribution < -0.4 is 0 Å². The van der Waals surface area contributed by atoms with Crippen LogP contribution in [0.1, 0.15) is 43.2 Å². The average molecular weight is 254 g/mol. The Labute approximate surface area is 108 Å². The van der Waals surface area contributed by atoms with Crippen molar-refractivity contribution in [2.45, 2.75) is 38.6 Å². The summed E-state index contributed by atoms with van der Waals surface area (Å²) in [4.78, 5) is 4.62. The monoisotopic (exact) mass is 253 g/mol. The van der Waals surface area contributed by atoms with Crippen LogP contribution in [0.5, 0.6) is 0 Å². The number of hydrogen-bond acceptors (Lipinski definition) is 1. The van der Waals surface area contributed by atoms with Gasteiger partial charge in [0.25, 0.3) is 0 Å². The number of hydrogen-bond donors (Lipinski definition) is 0. The van der Waals surface area contributed by atoms with Gasteiger partial charge in [0.1, 0.15) is 5.82 Å². The first-order valence-corrected chi connectivity index (χ1v) is 6.18. The van der Waals surface area contributed by atoms with Crippen LogP contribution >= 0.6 is 12.4 Å². The molecule has 1 heterocycles. The van der Waals surface area contributed by atoms with Gasteiger partial charge in [-0.3, -0.25) is 4.99 Å². The molecule has 92 valence electrons. The Morgan fingerprint density at radius 2 is 1.88 bits per heavy atom. The third kappa shape index (κ3) is 2.37. The molecule has 1 nitrogen and oxygen atoms in total. The predicted molar refractivity (Wildman–Crippen MR) is 70.5 cm³/mol. The van der Waals surface area contributed by atoms with E-state index in [1.807, 2.05) is 6.07 Å². The highest BCUT2D eigenvalue weighted by molar-refractivity contribution is 6.05. The van der Waals surface area contributed by atoms with Crippen LogP contribution in [0.2, 0.25) is 0 Å². The van der Waals surface area contributed by atoms with E-state index in [1.165, 1.54) is 49.4 Å². The van der Waals surface area contributed by atoms with E-state index in [-0.39, 0.29) is 18.2 Å². The van der Waals surface area contributed by atoms with Gasteiger partial charge < -0.3 is 0 Å². The second kappa shape index (κ2) is 5.18. The van der Waals surface area contributed by atoms with Gasteiger partial charge >= 0.3 is 0 Å². The highest BCUT2D eigenvalue weighted by Crippen LogP contribution is 2.32. The maximum Gasteiger partial charge on any atom is 0.123 e. The first-order chi connectivity index (χ1) is 7.84. The molecule has 17 heavy (non-hydrogen) atoms. The first-order valence-electron chi connectivity index (χ1n) is 6.18. The molecule has 1 aliphatic heterocycles. The molecule has 3 rings (SSSR count). The summed E-state index contributed by atoms with van der Waals surface area (Å²) in [7, 11) is 0. The molecule has 1 aromatic carbocycles. The Morgan fingerprint density at radius 1 is 1.12 bits per heavy atom. The molecule has 0 radical (unpaired) electrons. The Hall–Kier alpha value is -0.890. The molecular weight excluding hydrogens is 237 g/mol. The van der Waals surface area contributed by atoms with Crippen LogP contribution in [0.25, 0.3) is 0 Å². The Bertz CT molecular complexity index is 436. The molecule has 1 aromatic rings. The zero-order chi connectivity index (χ0) is 11.0. The summed E-state index contributed by atoms with van der Waals surface area (Å²) in [5.74, 6) is 0.445. The zero-order valence-corrected chi connectivity index (χ0v) is 10.6. The molecule has 0 unspecified atom stereocenters. The van der Waals surface area contributed by atoms with Crippen LogP contribution in [-0.2, 0) is 6.54 Å². The van der Waals surface area contributed by atoms with E-state index in [0.29, 0.717) is 5.92 Å². The SMILES string of the molecule is Cl.Fc1ccc2c(c1)C(C1CCCCC1)=NC2. The standard InChI is InChI=1S/C14H16FN.ClH/c15-12-7-6-11-9-16-14(13(11)8-12)10-4-2-1-3-5-10;/h6-8,10H,1-5,9H2;1H. The van der Waals surface area contributed by atoms with Crippen molar-refractivity contribution >= 4 is 18.1 Å². The van der Waals surface area contributed by atoms with Crippen LogP contribution in [0.4, 0.5) is 4.39 Å². The van der Waals surface area contributed by atoms with E-state index in [2.05, 4.69) is 4.99 Å². The lowest BCUT2D eigenvalue weighted by molar-refractivity contribution is 0.440. The summed E-state index contributed by atoms with van der Waals surface area (Å²) in [5.41, 5.74) is 3.45. The molecule has 2 aliphatic rings. The molecule has 0 amide bonds. The van der Waals surface area contributed by atoms with Crippen molar-refractivity contribution < 1.29 is 4.39 Å². The van der Waals surface area contributed by atoms with Gasteiger partial charge in [0, 0.05) is 17.2 Å². The van der Waals surface area contributed by atoms with Gasteiger partial charge in [-0.2, -0.15) is 0 Å². The van der Waals surface area contributed by atoms with Crippen molar-refractivity contribution in [1.82, 2.24) is 0 Å². The van der Waals surface area contributed by atoms with E-state index in [4.69, 9.17) is 0 Å². The lowest BCUT2D eigenvalue weighted by Crippen LogP contribution is -2.17. The van der Waals surface area contributed by atoms with Crippen LogP contribution in [0.3, 0.4) is 0 Å². The van der Waals surface area contributed by atoms with E-state index in [9.17, 15) is 4.39 Å². The largest absolute Gasteiger partial charge is 0.284 e. The third-order valence-corrected chi connectivity index (χ3v) is 3.76. The van der Waals surface area contributed by atoms with Gasteiger partial charge in [-0.15, -0.1) is 12.4 Å². The minimum absolute atomic E-state index is 0. The third-order valence-electron chi connectivity index (χ3n) is 3.76. The molecule has 1 fully saturated rings. The van der Waals surface area contributed by atoms with Crippen molar-refractivity contribution in [3.8, 4) is 0 Å². The van der Waals surface area contributed by atoms with Crippen molar-refractivity contribution in [2.75, 3.05) is 0 Å². The topological polar surface area (TPSA) is 12.4 Å². The minimum atomic E-state index is -0.135. The number of rotatable bonds is 1. The van der Waals surface area contributed by atoms with E-state index >= 15 is 0 Å². The summed E-state index contributed by atoms with van der Waals surface area (Å²) in [6.07, 6.45) is 6.41. The second-order valence-electron chi connectivity index (χ2n) is 4.84. The summed E-state index contributed by atoms with van der Waals surface area (Å²) >= 11 is 0. The predicted octanol–water partition coefficient (Wildman–Crippen LogP) is 4.13. The molecule has 1 aliphatic carbocycles. The maximum atomic E-state index is 13.2. The van der Waals surface area contributed by atoms with Crippen LogP contribution in [0.15, 0.2) is 23.2 Å². The highest BCUT2D eigenvalue weighted by atomic mass is 35.5. The minimum Gasteiger partial charge on any atom is -0.284 e. The van der Waals surface area contributed by atoms with E-state index in [0.717, 1.165) is 12.1 Å². The number of nitrogens with zero attached hydrogens (tertiary/aromatic N) is 1. The molecule has 1 saturated carbocycles. The fraction of sp³-hybridized carbons (Fsp3) is 0.500. The number of fused-ring (bicyclic) bond motifs is 1. The molecule has 0 N–H and O–H groups in total. The van der Waals surface area contributed by atoms with Gasteiger partial charge in [0.2, 0.25) is 0 Å². The van der Waals surface area contributed by atoms with Gasteiger partial charge in [0.05, 0.1) is 6.54 Å². The summed E-state index contributed by atoms with van der Waals surface area (Å²) in [6, 6.07) is 5.08. The number of benzene rings is 1. The maximum absolute atomic E-state index is 13.2. The van der Waals surface area contributed by atoms with Crippen LogP contribution in [0, 0.1) is 11.7 Å². The van der Waals surface area contributed by atoms with E-state index in [1.54, 1.807) is 6.07 Å². The van der Waals surface area contributed by atoms with E-state index < -0.39 is 0 Å². The Balaban J connectivity index is 0.00000108.